The van der Waals surface area contributed by atoms with Gasteiger partial charge < -0.3 is 32.1 Å². The number of hydrogen-bond donors (Lipinski definition) is 6. The first-order valence-electron chi connectivity index (χ1n) is 10.7. The first kappa shape index (κ1) is 27.7. The van der Waals surface area contributed by atoms with Crippen LogP contribution >= 0.6 is 11.8 Å². The van der Waals surface area contributed by atoms with E-state index in [0.717, 1.165) is 13.0 Å². The van der Waals surface area contributed by atoms with Crippen molar-refractivity contribution >= 4 is 41.4 Å². The van der Waals surface area contributed by atoms with E-state index in [-0.39, 0.29) is 37.1 Å². The molecule has 0 aliphatic carbocycles. The fourth-order valence-electron chi connectivity index (χ4n) is 3.28. The fraction of sp³-hybridized carbons (Fsp3) is 0.750. The Labute approximate surface area is 192 Å². The van der Waals surface area contributed by atoms with Crippen molar-refractivity contribution in [2.45, 2.75) is 70.1 Å². The highest BCUT2D eigenvalue weighted by Gasteiger charge is 2.32. The van der Waals surface area contributed by atoms with Gasteiger partial charge in [0.15, 0.2) is 0 Å². The van der Waals surface area contributed by atoms with Crippen molar-refractivity contribution in [3.8, 4) is 0 Å². The topological polar surface area (TPSA) is 180 Å². The number of nitrogens with two attached hydrogens (primary N) is 1. The molecule has 1 aliphatic heterocycles. The summed E-state index contributed by atoms with van der Waals surface area (Å²) in [6.45, 7) is 4.25. The standard InChI is InChI=1S/C20H35N5O6S/c1-11(2)16(25-17(27)12-5-4-9-22-12)19(29)23-13(6-7-15(21)26)18(28)24-14(20(30)31)8-10-32-3/h11-14,16,22H,4-10H2,1-3H3,(H2,21,26)(H,23,29)(H,24,28)(H,25,27)(H,30,31). The number of aliphatic carboxylic acids is 1. The molecule has 0 aromatic rings. The number of carboxylic acids is 1. The van der Waals surface area contributed by atoms with E-state index in [2.05, 4.69) is 21.3 Å². The van der Waals surface area contributed by atoms with E-state index in [9.17, 15) is 29.1 Å². The van der Waals surface area contributed by atoms with Crippen LogP contribution in [0.3, 0.4) is 0 Å². The molecule has 0 aromatic heterocycles. The second kappa shape index (κ2) is 13.9. The number of nitrogens with one attached hydrogen (secondary N) is 4. The Bertz CT molecular complexity index is 683. The van der Waals surface area contributed by atoms with Crippen molar-refractivity contribution in [1.82, 2.24) is 21.3 Å². The minimum atomic E-state index is -1.19. The molecular formula is C20H35N5O6S. The third-order valence-electron chi connectivity index (χ3n) is 5.16. The summed E-state index contributed by atoms with van der Waals surface area (Å²) in [5.41, 5.74) is 5.19. The lowest BCUT2D eigenvalue weighted by molar-refractivity contribution is -0.142. The Kier molecular flexibility index (Phi) is 12.1. The Morgan fingerprint density at radius 1 is 1.06 bits per heavy atom. The monoisotopic (exact) mass is 473 g/mol. The number of carbonyl (C=O) groups is 5. The summed E-state index contributed by atoms with van der Waals surface area (Å²) < 4.78 is 0. The van der Waals surface area contributed by atoms with E-state index >= 15 is 0 Å². The van der Waals surface area contributed by atoms with E-state index in [4.69, 9.17) is 5.73 Å². The second-order valence-corrected chi connectivity index (χ2v) is 9.11. The zero-order valence-corrected chi connectivity index (χ0v) is 19.6. The summed E-state index contributed by atoms with van der Waals surface area (Å²) in [4.78, 5) is 60.8. The lowest BCUT2D eigenvalue weighted by atomic mass is 10.0. The van der Waals surface area contributed by atoms with E-state index < -0.39 is 41.8 Å². The Morgan fingerprint density at radius 3 is 2.22 bits per heavy atom. The van der Waals surface area contributed by atoms with Gasteiger partial charge in [0, 0.05) is 6.42 Å². The quantitative estimate of drug-likeness (QED) is 0.185. The Balaban J connectivity index is 2.89. The van der Waals surface area contributed by atoms with Gasteiger partial charge in [0.05, 0.1) is 6.04 Å². The molecule has 1 saturated heterocycles. The van der Waals surface area contributed by atoms with Crippen LogP contribution in [0.15, 0.2) is 0 Å². The van der Waals surface area contributed by atoms with Gasteiger partial charge in [-0.15, -0.1) is 0 Å². The molecule has 4 atom stereocenters. The summed E-state index contributed by atoms with van der Waals surface area (Å²) >= 11 is 1.44. The lowest BCUT2D eigenvalue weighted by Gasteiger charge is -2.27. The van der Waals surface area contributed by atoms with Gasteiger partial charge in [-0.3, -0.25) is 19.2 Å². The predicted octanol–water partition coefficient (Wildman–Crippen LogP) is -1.05. The van der Waals surface area contributed by atoms with Gasteiger partial charge in [0.2, 0.25) is 23.6 Å². The molecule has 1 fully saturated rings. The lowest BCUT2D eigenvalue weighted by Crippen LogP contribution is -2.58. The van der Waals surface area contributed by atoms with E-state index in [0.29, 0.717) is 12.2 Å². The first-order valence-corrected chi connectivity index (χ1v) is 12.1. The number of primary amides is 1. The summed E-state index contributed by atoms with van der Waals surface area (Å²) in [6.07, 6.45) is 3.30. The van der Waals surface area contributed by atoms with Crippen LogP contribution in [0.5, 0.6) is 0 Å². The molecule has 12 heteroatoms. The zero-order valence-electron chi connectivity index (χ0n) is 18.8. The minimum absolute atomic E-state index is 0.0925. The van der Waals surface area contributed by atoms with Crippen LogP contribution in [0, 0.1) is 5.92 Å². The number of carboxylic acid groups (broad SMARTS) is 1. The number of thioether (sulfide) groups is 1. The van der Waals surface area contributed by atoms with Crippen LogP contribution in [0.2, 0.25) is 0 Å². The molecule has 0 bridgehead atoms. The van der Waals surface area contributed by atoms with Crippen molar-refractivity contribution in [2.75, 3.05) is 18.6 Å². The first-order chi connectivity index (χ1) is 15.1. The maximum Gasteiger partial charge on any atom is 0.326 e. The zero-order chi connectivity index (χ0) is 24.3. The van der Waals surface area contributed by atoms with Crippen LogP contribution in [-0.2, 0) is 24.0 Å². The molecule has 0 spiro atoms. The van der Waals surface area contributed by atoms with Gasteiger partial charge in [0.1, 0.15) is 18.1 Å². The average Bonchev–Trinajstić information content (AvgIpc) is 3.26. The van der Waals surface area contributed by atoms with E-state index in [1.807, 2.05) is 6.26 Å². The highest BCUT2D eigenvalue weighted by Crippen LogP contribution is 2.09. The van der Waals surface area contributed by atoms with Crippen LogP contribution in [-0.4, -0.2) is 77.4 Å². The average molecular weight is 474 g/mol. The van der Waals surface area contributed by atoms with Gasteiger partial charge in [-0.05, 0) is 50.2 Å². The number of rotatable bonds is 14. The largest absolute Gasteiger partial charge is 0.480 e. The summed E-state index contributed by atoms with van der Waals surface area (Å²) in [6, 6.07) is -3.57. The maximum atomic E-state index is 12.9. The molecule has 0 saturated carbocycles. The highest BCUT2D eigenvalue weighted by atomic mass is 32.2. The normalized spacial score (nSPS) is 18.4. The maximum absolute atomic E-state index is 12.9. The molecular weight excluding hydrogens is 438 g/mol. The molecule has 4 amide bonds. The van der Waals surface area contributed by atoms with Gasteiger partial charge in [-0.2, -0.15) is 11.8 Å². The fourth-order valence-corrected chi connectivity index (χ4v) is 3.75. The van der Waals surface area contributed by atoms with Crippen molar-refractivity contribution < 1.29 is 29.1 Å². The van der Waals surface area contributed by atoms with E-state index in [1.165, 1.54) is 11.8 Å². The molecule has 0 aromatic carbocycles. The summed E-state index contributed by atoms with van der Waals surface area (Å²) in [5, 5.41) is 20.1. The number of amides is 4. The molecule has 4 unspecified atom stereocenters. The molecule has 32 heavy (non-hydrogen) atoms. The summed E-state index contributed by atoms with van der Waals surface area (Å²) in [7, 11) is 0. The molecule has 0 radical (unpaired) electrons. The van der Waals surface area contributed by atoms with Crippen LogP contribution in [0.1, 0.15) is 46.0 Å². The SMILES string of the molecule is CSCCC(NC(=O)C(CCC(N)=O)NC(=O)C(NC(=O)C1CCCN1)C(C)C)C(=O)O. The van der Waals surface area contributed by atoms with Crippen molar-refractivity contribution in [1.29, 1.82) is 0 Å². The van der Waals surface area contributed by atoms with Crippen molar-refractivity contribution in [3.05, 3.63) is 0 Å². The molecule has 11 nitrogen and oxygen atoms in total. The van der Waals surface area contributed by atoms with Gasteiger partial charge in [0.25, 0.3) is 0 Å². The summed E-state index contributed by atoms with van der Waals surface area (Å²) in [5.74, 6) is -3.21. The molecule has 7 N–H and O–H groups in total. The third kappa shape index (κ3) is 9.43. The van der Waals surface area contributed by atoms with Gasteiger partial charge in [-0.1, -0.05) is 13.8 Å². The van der Waals surface area contributed by atoms with Crippen LogP contribution in [0.4, 0.5) is 0 Å². The van der Waals surface area contributed by atoms with Gasteiger partial charge >= 0.3 is 5.97 Å². The molecule has 1 rings (SSSR count). The Hall–Kier alpha value is -2.34. The minimum Gasteiger partial charge on any atom is -0.480 e. The molecule has 1 heterocycles. The molecule has 1 aliphatic rings. The number of carbonyl (C=O) groups excluding carboxylic acids is 4. The number of hydrogen-bond acceptors (Lipinski definition) is 7. The van der Waals surface area contributed by atoms with Crippen molar-refractivity contribution in [2.24, 2.45) is 11.7 Å². The second-order valence-electron chi connectivity index (χ2n) is 8.13. The third-order valence-corrected chi connectivity index (χ3v) is 5.81. The molecule has 182 valence electrons. The van der Waals surface area contributed by atoms with Gasteiger partial charge in [-0.25, -0.2) is 4.79 Å². The van der Waals surface area contributed by atoms with Crippen LogP contribution in [0.25, 0.3) is 0 Å². The highest BCUT2D eigenvalue weighted by molar-refractivity contribution is 7.98. The predicted molar refractivity (Wildman–Crippen MR) is 121 cm³/mol. The Morgan fingerprint density at radius 2 is 1.72 bits per heavy atom. The smallest absolute Gasteiger partial charge is 0.326 e. The van der Waals surface area contributed by atoms with Crippen LogP contribution < -0.4 is 27.0 Å². The van der Waals surface area contributed by atoms with Crippen molar-refractivity contribution in [3.63, 3.8) is 0 Å². The van der Waals surface area contributed by atoms with E-state index in [1.54, 1.807) is 13.8 Å².